The molecule has 12 atom stereocenters. The molecule has 0 amide bonds. The maximum atomic E-state index is 13.4. The van der Waals surface area contributed by atoms with Gasteiger partial charge in [0, 0.05) is 31.4 Å². The first-order valence-electron chi connectivity index (χ1n) is 25.6. The molecule has 0 aromatic carbocycles. The van der Waals surface area contributed by atoms with E-state index in [9.17, 15) is 58.8 Å². The fourth-order valence-electron chi connectivity index (χ4n) is 8.18. The average Bonchev–Trinajstić information content (AvgIpc) is 3.31. The van der Waals surface area contributed by atoms with Gasteiger partial charge in [0.15, 0.2) is 12.4 Å². The molecule has 3 unspecified atom stereocenters. The predicted molar refractivity (Wildman–Crippen MR) is 264 cm³/mol. The zero-order valence-electron chi connectivity index (χ0n) is 42.2. The topological polar surface area (TPSA) is 335 Å². The van der Waals surface area contributed by atoms with E-state index < -0.39 is 121 Å². The number of carbonyl (C=O) groups excluding carboxylic acids is 2. The molecule has 0 saturated carbocycles. The average molecular weight is 1070 g/mol. The number of nitrogens with two attached hydrogens (primary N) is 1. The quantitative estimate of drug-likeness (QED) is 0.0294. The monoisotopic (exact) mass is 1070 g/mol. The van der Waals surface area contributed by atoms with Crippen molar-refractivity contribution in [3.05, 3.63) is 47.1 Å². The molecular formula is C48H83N3O19P2. The van der Waals surface area contributed by atoms with E-state index in [1.807, 2.05) is 6.92 Å². The largest absolute Gasteiger partial charge is 0.481 e. The van der Waals surface area contributed by atoms with Gasteiger partial charge in [0.05, 0.1) is 25.4 Å². The molecule has 0 radical (unpaired) electrons. The molecule has 1 aromatic rings. The summed E-state index contributed by atoms with van der Waals surface area (Å²) < 4.78 is 64.7. The van der Waals surface area contributed by atoms with Gasteiger partial charge in [-0.3, -0.25) is 23.2 Å². The van der Waals surface area contributed by atoms with Gasteiger partial charge in [-0.2, -0.15) is 9.29 Å². The summed E-state index contributed by atoms with van der Waals surface area (Å²) in [5.74, 6) is -2.13. The lowest BCUT2D eigenvalue weighted by molar-refractivity contribution is -0.192. The summed E-state index contributed by atoms with van der Waals surface area (Å²) in [5.41, 5.74) is 4.75. The van der Waals surface area contributed by atoms with Crippen LogP contribution in [0.15, 0.2) is 41.4 Å². The minimum absolute atomic E-state index is 0.00363. The molecule has 0 aliphatic carbocycles. The Kier molecular flexibility index (Phi) is 29.8. The van der Waals surface area contributed by atoms with E-state index in [1.54, 1.807) is 12.2 Å². The predicted octanol–water partition coefficient (Wildman–Crippen LogP) is 6.19. The van der Waals surface area contributed by atoms with Crippen LogP contribution in [0.1, 0.15) is 162 Å². The van der Waals surface area contributed by atoms with E-state index in [0.29, 0.717) is 19.3 Å². The van der Waals surface area contributed by atoms with Crippen molar-refractivity contribution >= 4 is 33.4 Å². The second-order valence-corrected chi connectivity index (χ2v) is 22.1. The van der Waals surface area contributed by atoms with Crippen LogP contribution in [-0.2, 0) is 51.0 Å². The highest BCUT2D eigenvalue weighted by molar-refractivity contribution is 7.61. The smallest absolute Gasteiger partial charge is 0.462 e. The van der Waals surface area contributed by atoms with E-state index in [0.717, 1.165) is 61.6 Å². The number of allylic oxidation sites excluding steroid dienone is 2. The highest BCUT2D eigenvalue weighted by Gasteiger charge is 2.44. The third-order valence-corrected chi connectivity index (χ3v) is 14.9. The van der Waals surface area contributed by atoms with Crippen molar-refractivity contribution in [2.24, 2.45) is 11.8 Å². The molecule has 3 heterocycles. The lowest BCUT2D eigenvalue weighted by atomic mass is 9.92. The van der Waals surface area contributed by atoms with Crippen molar-refractivity contribution in [2.45, 2.75) is 211 Å². The molecule has 1 saturated heterocycles. The second-order valence-electron chi connectivity index (χ2n) is 19.0. The number of hydrogen-bond acceptors (Lipinski definition) is 19. The van der Waals surface area contributed by atoms with E-state index in [-0.39, 0.29) is 37.9 Å². The lowest BCUT2D eigenvalue weighted by Crippen LogP contribution is -2.49. The number of ether oxygens (including phenoxy) is 4. The number of anilines is 1. The van der Waals surface area contributed by atoms with Gasteiger partial charge in [-0.05, 0) is 44.1 Å². The Morgan fingerprint density at radius 3 is 2.17 bits per heavy atom. The number of nitrogens with zero attached hydrogens (tertiary/aromatic N) is 2. The van der Waals surface area contributed by atoms with E-state index >= 15 is 0 Å². The number of cyclic esters (lactones) is 1. The zero-order valence-corrected chi connectivity index (χ0v) is 44.0. The number of rotatable bonds is 21. The number of aliphatic hydroxyl groups is 5. The van der Waals surface area contributed by atoms with Gasteiger partial charge in [0.1, 0.15) is 43.1 Å². The molecule has 0 spiro atoms. The normalized spacial score (nSPS) is 30.6. The van der Waals surface area contributed by atoms with Crippen LogP contribution in [0.4, 0.5) is 5.82 Å². The molecule has 3 rings (SSSR count). The molecule has 72 heavy (non-hydrogen) atoms. The number of aliphatic hydroxyl groups excluding tert-OH is 5. The zero-order chi connectivity index (χ0) is 53.1. The van der Waals surface area contributed by atoms with E-state index in [4.69, 9.17) is 33.7 Å². The van der Waals surface area contributed by atoms with Crippen LogP contribution in [0.2, 0.25) is 0 Å². The van der Waals surface area contributed by atoms with Crippen LogP contribution in [-0.4, -0.2) is 126 Å². The third kappa shape index (κ3) is 25.5. The number of hydrogen-bond donors (Lipinski definition) is 8. The second kappa shape index (κ2) is 33.9. The molecule has 1 aromatic heterocycles. The van der Waals surface area contributed by atoms with E-state index in [1.165, 1.54) is 50.3 Å². The summed E-state index contributed by atoms with van der Waals surface area (Å²) in [5, 5.41) is 56.8. The highest BCUT2D eigenvalue weighted by atomic mass is 31.3. The fourth-order valence-corrected chi connectivity index (χ4v) is 10.3. The summed E-state index contributed by atoms with van der Waals surface area (Å²) in [6, 6.07) is 1.22. The maximum Gasteiger partial charge on any atom is 0.481 e. The number of aromatic nitrogens is 2. The first kappa shape index (κ1) is 63.4. The Balaban J connectivity index is 1.86. The first-order chi connectivity index (χ1) is 34.2. The molecule has 9 N–H and O–H groups in total. The van der Waals surface area contributed by atoms with Crippen LogP contribution in [0.3, 0.4) is 0 Å². The summed E-state index contributed by atoms with van der Waals surface area (Å²) in [7, 11) is -11.3. The first-order valence-corrected chi connectivity index (χ1v) is 28.6. The van der Waals surface area contributed by atoms with E-state index in [2.05, 4.69) is 23.1 Å². The van der Waals surface area contributed by atoms with Gasteiger partial charge in [-0.1, -0.05) is 129 Å². The van der Waals surface area contributed by atoms with Crippen LogP contribution >= 0.6 is 15.6 Å². The third-order valence-electron chi connectivity index (χ3n) is 12.3. The van der Waals surface area contributed by atoms with Gasteiger partial charge >= 0.3 is 33.3 Å². The molecule has 2 aliphatic heterocycles. The summed E-state index contributed by atoms with van der Waals surface area (Å²) >= 11 is 0. The van der Waals surface area contributed by atoms with Crippen molar-refractivity contribution in [1.82, 2.24) is 9.55 Å². The van der Waals surface area contributed by atoms with Crippen molar-refractivity contribution in [1.29, 1.82) is 0 Å². The Labute approximate surface area is 423 Å². The van der Waals surface area contributed by atoms with Gasteiger partial charge in [0.2, 0.25) is 0 Å². The molecule has 2 bridgehead atoms. The molecule has 2 aliphatic rings. The Morgan fingerprint density at radius 1 is 0.875 bits per heavy atom. The van der Waals surface area contributed by atoms with Gasteiger partial charge in [-0.15, -0.1) is 0 Å². The number of esters is 2. The van der Waals surface area contributed by atoms with Crippen molar-refractivity contribution in [3.63, 3.8) is 0 Å². The summed E-state index contributed by atoms with van der Waals surface area (Å²) in [6.45, 7) is 3.68. The number of unbranched alkanes of at least 4 members (excludes halogenated alkanes) is 11. The SMILES string of the molecule is CCCCC[C@H](O)/C=C/[C@H]1OC(O)C[C@H](O)[C@@H]2CC=CCCCC(=O)OC[C@@H](OC(=O)CCCCCCCCCCCCC(C)C)COP(=O)(O)OP(=O)(O)OC[C@@H](O[C@H]2n2ccc(N)nc2=O)[C@@H](O)[C@H]1O. The van der Waals surface area contributed by atoms with Crippen LogP contribution < -0.4 is 11.4 Å². The molecular weight excluding hydrogens is 984 g/mol. The van der Waals surface area contributed by atoms with Gasteiger partial charge in [0.25, 0.3) is 0 Å². The molecule has 22 nitrogen and oxygen atoms in total. The minimum atomic E-state index is -5.73. The summed E-state index contributed by atoms with van der Waals surface area (Å²) in [6.07, 6.45) is 5.44. The van der Waals surface area contributed by atoms with Crippen LogP contribution in [0, 0.1) is 11.8 Å². The van der Waals surface area contributed by atoms with Gasteiger partial charge in [-0.25, -0.2) is 13.9 Å². The maximum absolute atomic E-state index is 13.4. The highest BCUT2D eigenvalue weighted by Crippen LogP contribution is 2.60. The Hall–Kier alpha value is -2.92. The Morgan fingerprint density at radius 2 is 1.51 bits per heavy atom. The fraction of sp³-hybridized carbons (Fsp3) is 0.792. The standard InChI is InChI=1S/C48H83N3O19P2/c1-4-5-16-22-35(52)26-27-39-45(57)46(58)40-33-66-72(62,63)70-71(60,61)65-32-36(67-43(55)25-20-13-11-9-7-6-8-10-12-17-21-34(2)3)31-64-42(54)24-19-15-14-18-23-37(38(53)30-44(56)68-39)47(69-40)51-29-28-41(49)50-48(51)59/h14,18,26-29,34-40,44-47,52-53,56-58H,4-13,15-17,19-25,30-33H2,1-3H3,(H,60,61)(H,62,63)(H2,49,50,59)/b18-14?,27-26+/t35-,36+,37-,38-,39+,40+,44?,45-,46+,47+/m0/s1. The number of carbonyl (C=O) groups is 2. The molecule has 1 fully saturated rings. The van der Waals surface area contributed by atoms with Crippen LogP contribution in [0.5, 0.6) is 0 Å². The van der Waals surface area contributed by atoms with Gasteiger partial charge < -0.3 is 60.0 Å². The number of nitrogen functional groups attached to an aromatic ring is 1. The summed E-state index contributed by atoms with van der Waals surface area (Å²) in [4.78, 5) is 64.2. The Bertz CT molecular complexity index is 1940. The molecule has 414 valence electrons. The lowest BCUT2D eigenvalue weighted by Gasteiger charge is -2.36. The van der Waals surface area contributed by atoms with Crippen molar-refractivity contribution in [3.8, 4) is 0 Å². The number of fused-ring (bicyclic) bond motifs is 3. The number of phosphoric acid groups is 2. The van der Waals surface area contributed by atoms with Crippen molar-refractivity contribution in [2.75, 3.05) is 25.6 Å². The minimum Gasteiger partial charge on any atom is -0.462 e. The van der Waals surface area contributed by atoms with Crippen LogP contribution in [0.25, 0.3) is 0 Å². The molecule has 24 heteroatoms. The number of phosphoric ester groups is 2. The van der Waals surface area contributed by atoms with Crippen molar-refractivity contribution < 1.29 is 86.3 Å².